The van der Waals surface area contributed by atoms with Gasteiger partial charge in [-0.1, -0.05) is 42.5 Å². The highest BCUT2D eigenvalue weighted by Crippen LogP contribution is 2.11. The standard InChI is InChI=1S/C18H16N2O2S/c1-13(21)15-8-5-9-16(12-15)19-18(23)20-17(22)11-10-14-6-3-2-4-7-14/h2-12H,1H3,(H2,19,20,22,23). The Labute approximate surface area is 140 Å². The Morgan fingerprint density at radius 1 is 1.04 bits per heavy atom. The molecular formula is C18H16N2O2S. The normalized spacial score (nSPS) is 10.3. The molecule has 0 radical (unpaired) electrons. The van der Waals surface area contributed by atoms with Crippen LogP contribution in [0, 0.1) is 0 Å². The Balaban J connectivity index is 1.92. The highest BCUT2D eigenvalue weighted by molar-refractivity contribution is 7.80. The summed E-state index contributed by atoms with van der Waals surface area (Å²) in [6, 6.07) is 16.4. The van der Waals surface area contributed by atoms with Crippen molar-refractivity contribution >= 4 is 40.8 Å². The highest BCUT2D eigenvalue weighted by Gasteiger charge is 2.04. The van der Waals surface area contributed by atoms with Gasteiger partial charge in [0.15, 0.2) is 10.9 Å². The van der Waals surface area contributed by atoms with Crippen LogP contribution < -0.4 is 10.6 Å². The van der Waals surface area contributed by atoms with Gasteiger partial charge < -0.3 is 5.32 Å². The number of hydrogen-bond donors (Lipinski definition) is 2. The van der Waals surface area contributed by atoms with E-state index in [-0.39, 0.29) is 16.8 Å². The molecule has 0 aliphatic heterocycles. The number of amides is 1. The predicted molar refractivity (Wildman–Crippen MR) is 96.3 cm³/mol. The number of ketones is 1. The summed E-state index contributed by atoms with van der Waals surface area (Å²) in [5.74, 6) is -0.358. The van der Waals surface area contributed by atoms with Crippen molar-refractivity contribution in [3.05, 3.63) is 71.8 Å². The molecule has 2 rings (SSSR count). The number of Topliss-reactive ketones (excluding diaryl/α,β-unsaturated/α-hetero) is 1. The van der Waals surface area contributed by atoms with Crippen molar-refractivity contribution in [1.29, 1.82) is 0 Å². The third-order valence-corrected chi connectivity index (χ3v) is 3.19. The van der Waals surface area contributed by atoms with E-state index in [4.69, 9.17) is 12.2 Å². The molecule has 0 atom stereocenters. The fourth-order valence-electron chi connectivity index (χ4n) is 1.87. The summed E-state index contributed by atoms with van der Waals surface area (Å²) in [6.45, 7) is 1.49. The molecule has 0 fully saturated rings. The summed E-state index contributed by atoms with van der Waals surface area (Å²) < 4.78 is 0. The summed E-state index contributed by atoms with van der Waals surface area (Å²) in [5, 5.41) is 5.61. The third kappa shape index (κ3) is 5.48. The van der Waals surface area contributed by atoms with Crippen LogP contribution in [-0.2, 0) is 4.79 Å². The molecule has 5 heteroatoms. The van der Waals surface area contributed by atoms with E-state index in [9.17, 15) is 9.59 Å². The van der Waals surface area contributed by atoms with Crippen molar-refractivity contribution in [1.82, 2.24) is 5.32 Å². The Hall–Kier alpha value is -2.79. The molecule has 2 aromatic carbocycles. The molecule has 0 aliphatic carbocycles. The Kier molecular flexibility index (Phi) is 5.77. The number of carbonyl (C=O) groups excluding carboxylic acids is 2. The van der Waals surface area contributed by atoms with Crippen LogP contribution >= 0.6 is 12.2 Å². The van der Waals surface area contributed by atoms with Gasteiger partial charge in [-0.25, -0.2) is 0 Å². The zero-order chi connectivity index (χ0) is 16.7. The highest BCUT2D eigenvalue weighted by atomic mass is 32.1. The van der Waals surface area contributed by atoms with Gasteiger partial charge in [-0.15, -0.1) is 0 Å². The maximum atomic E-state index is 11.8. The zero-order valence-corrected chi connectivity index (χ0v) is 13.4. The molecule has 0 saturated heterocycles. The zero-order valence-electron chi connectivity index (χ0n) is 12.6. The van der Waals surface area contributed by atoms with E-state index in [1.54, 1.807) is 30.3 Å². The molecule has 23 heavy (non-hydrogen) atoms. The minimum atomic E-state index is -0.325. The fraction of sp³-hybridized carbons (Fsp3) is 0.0556. The van der Waals surface area contributed by atoms with E-state index in [0.29, 0.717) is 11.3 Å². The minimum Gasteiger partial charge on any atom is -0.332 e. The van der Waals surface area contributed by atoms with Gasteiger partial charge in [0.25, 0.3) is 0 Å². The van der Waals surface area contributed by atoms with Gasteiger partial charge in [0.05, 0.1) is 0 Å². The Bertz CT molecular complexity index is 755. The van der Waals surface area contributed by atoms with E-state index in [2.05, 4.69) is 10.6 Å². The number of benzene rings is 2. The SMILES string of the molecule is CC(=O)c1cccc(NC(=S)NC(=O)C=Cc2ccccc2)c1. The minimum absolute atomic E-state index is 0.0330. The second-order valence-electron chi connectivity index (χ2n) is 4.82. The van der Waals surface area contributed by atoms with Gasteiger partial charge >= 0.3 is 0 Å². The molecule has 0 aliphatic rings. The summed E-state index contributed by atoms with van der Waals surface area (Å²) in [4.78, 5) is 23.2. The third-order valence-electron chi connectivity index (χ3n) is 2.99. The lowest BCUT2D eigenvalue weighted by molar-refractivity contribution is -0.115. The Morgan fingerprint density at radius 2 is 1.78 bits per heavy atom. The molecule has 2 N–H and O–H groups in total. The number of anilines is 1. The van der Waals surface area contributed by atoms with E-state index in [1.807, 2.05) is 30.3 Å². The summed E-state index contributed by atoms with van der Waals surface area (Å²) in [7, 11) is 0. The first-order chi connectivity index (χ1) is 11.0. The number of nitrogens with one attached hydrogen (secondary N) is 2. The maximum Gasteiger partial charge on any atom is 0.250 e. The molecule has 0 aromatic heterocycles. The lowest BCUT2D eigenvalue weighted by atomic mass is 10.1. The Morgan fingerprint density at radius 3 is 2.48 bits per heavy atom. The van der Waals surface area contributed by atoms with E-state index in [1.165, 1.54) is 13.0 Å². The largest absolute Gasteiger partial charge is 0.332 e. The number of carbonyl (C=O) groups is 2. The molecule has 0 heterocycles. The van der Waals surface area contributed by atoms with Crippen LogP contribution in [0.25, 0.3) is 6.08 Å². The summed E-state index contributed by atoms with van der Waals surface area (Å²) in [6.07, 6.45) is 3.11. The van der Waals surface area contributed by atoms with Crippen molar-refractivity contribution in [3.8, 4) is 0 Å². The number of hydrogen-bond acceptors (Lipinski definition) is 3. The predicted octanol–water partition coefficient (Wildman–Crippen LogP) is 3.42. The monoisotopic (exact) mass is 324 g/mol. The van der Waals surface area contributed by atoms with Gasteiger partial charge in [-0.05, 0) is 42.9 Å². The molecule has 0 bridgehead atoms. The van der Waals surface area contributed by atoms with Gasteiger partial charge in [0.2, 0.25) is 5.91 Å². The molecule has 0 spiro atoms. The average Bonchev–Trinajstić information content (AvgIpc) is 2.54. The second kappa shape index (κ2) is 8.00. The van der Waals surface area contributed by atoms with Crippen molar-refractivity contribution in [2.45, 2.75) is 6.92 Å². The van der Waals surface area contributed by atoms with E-state index >= 15 is 0 Å². The number of thiocarbonyl (C=S) groups is 1. The van der Waals surface area contributed by atoms with E-state index < -0.39 is 0 Å². The van der Waals surface area contributed by atoms with Crippen LogP contribution in [0.1, 0.15) is 22.8 Å². The first-order valence-electron chi connectivity index (χ1n) is 7.01. The first-order valence-corrected chi connectivity index (χ1v) is 7.41. The van der Waals surface area contributed by atoms with Crippen molar-refractivity contribution in [3.63, 3.8) is 0 Å². The van der Waals surface area contributed by atoms with Gasteiger partial charge in [-0.3, -0.25) is 14.9 Å². The van der Waals surface area contributed by atoms with Gasteiger partial charge in [-0.2, -0.15) is 0 Å². The average molecular weight is 324 g/mol. The second-order valence-corrected chi connectivity index (χ2v) is 5.23. The molecule has 4 nitrogen and oxygen atoms in total. The summed E-state index contributed by atoms with van der Waals surface area (Å²) in [5.41, 5.74) is 2.15. The fourth-order valence-corrected chi connectivity index (χ4v) is 2.09. The molecule has 2 aromatic rings. The molecule has 0 unspecified atom stereocenters. The molecule has 116 valence electrons. The van der Waals surface area contributed by atoms with Gasteiger partial charge in [0.1, 0.15) is 0 Å². The van der Waals surface area contributed by atoms with Crippen LogP contribution in [0.3, 0.4) is 0 Å². The van der Waals surface area contributed by atoms with Crippen molar-refractivity contribution in [2.75, 3.05) is 5.32 Å². The van der Waals surface area contributed by atoms with Gasteiger partial charge in [0, 0.05) is 17.3 Å². The van der Waals surface area contributed by atoms with Crippen LogP contribution in [0.5, 0.6) is 0 Å². The lowest BCUT2D eigenvalue weighted by Gasteiger charge is -2.08. The topological polar surface area (TPSA) is 58.2 Å². The number of rotatable bonds is 4. The smallest absolute Gasteiger partial charge is 0.250 e. The van der Waals surface area contributed by atoms with Crippen LogP contribution in [0.2, 0.25) is 0 Å². The van der Waals surface area contributed by atoms with Crippen LogP contribution in [-0.4, -0.2) is 16.8 Å². The molecule has 0 saturated carbocycles. The maximum absolute atomic E-state index is 11.8. The van der Waals surface area contributed by atoms with Crippen molar-refractivity contribution in [2.24, 2.45) is 0 Å². The quantitative estimate of drug-likeness (QED) is 0.514. The summed E-state index contributed by atoms with van der Waals surface area (Å²) >= 11 is 5.09. The van der Waals surface area contributed by atoms with Crippen molar-refractivity contribution < 1.29 is 9.59 Å². The first kappa shape index (κ1) is 16.6. The molecule has 1 amide bonds. The van der Waals surface area contributed by atoms with E-state index in [0.717, 1.165) is 5.56 Å². The lowest BCUT2D eigenvalue weighted by Crippen LogP contribution is -2.32. The molecular weight excluding hydrogens is 308 g/mol. The van der Waals surface area contributed by atoms with Crippen LogP contribution in [0.4, 0.5) is 5.69 Å². The van der Waals surface area contributed by atoms with Crippen LogP contribution in [0.15, 0.2) is 60.7 Å².